The molecule has 2 nitrogen and oxygen atoms in total. The number of hydrogen-bond donors (Lipinski definition) is 1. The van der Waals surface area contributed by atoms with E-state index < -0.39 is 0 Å². The summed E-state index contributed by atoms with van der Waals surface area (Å²) in [6, 6.07) is 4.72. The zero-order valence-electron chi connectivity index (χ0n) is 8.92. The minimum Gasteiger partial charge on any atom is -0.496 e. The van der Waals surface area contributed by atoms with Gasteiger partial charge in [0.15, 0.2) is 0 Å². The molecule has 0 unspecified atom stereocenters. The molecule has 1 aromatic rings. The molecule has 2 N–H and O–H groups in total. The van der Waals surface area contributed by atoms with Gasteiger partial charge in [-0.2, -0.15) is 0 Å². The third-order valence-corrected chi connectivity index (χ3v) is 3.44. The molecule has 3 heteroatoms. The molecule has 0 bridgehead atoms. The van der Waals surface area contributed by atoms with Crippen molar-refractivity contribution in [1.29, 1.82) is 0 Å². The smallest absolute Gasteiger partial charge is 0.126 e. The second-order valence-corrected chi connectivity index (χ2v) is 4.18. The second-order valence-electron chi connectivity index (χ2n) is 4.18. The van der Waals surface area contributed by atoms with E-state index in [1.54, 1.807) is 13.2 Å². The number of nitrogens with two attached hydrogens (primary N) is 1. The van der Waals surface area contributed by atoms with Crippen LogP contribution in [0.25, 0.3) is 0 Å². The third-order valence-electron chi connectivity index (χ3n) is 3.44. The van der Waals surface area contributed by atoms with Crippen molar-refractivity contribution < 1.29 is 9.13 Å². The van der Waals surface area contributed by atoms with Crippen LogP contribution in [0.15, 0.2) is 18.2 Å². The summed E-state index contributed by atoms with van der Waals surface area (Å²) >= 11 is 0. The predicted octanol–water partition coefficient (Wildman–Crippen LogP) is 2.21. The fourth-order valence-electron chi connectivity index (χ4n) is 2.29. The van der Waals surface area contributed by atoms with Crippen LogP contribution in [0.4, 0.5) is 4.39 Å². The highest BCUT2D eigenvalue weighted by Crippen LogP contribution is 2.46. The van der Waals surface area contributed by atoms with Gasteiger partial charge in [-0.25, -0.2) is 4.39 Å². The topological polar surface area (TPSA) is 35.2 Å². The van der Waals surface area contributed by atoms with E-state index in [9.17, 15) is 4.39 Å². The van der Waals surface area contributed by atoms with Gasteiger partial charge in [0.1, 0.15) is 11.6 Å². The van der Waals surface area contributed by atoms with Crippen molar-refractivity contribution in [3.8, 4) is 5.75 Å². The average Bonchev–Trinajstić information content (AvgIpc) is 2.19. The van der Waals surface area contributed by atoms with Gasteiger partial charge in [0, 0.05) is 23.6 Å². The molecule has 0 aromatic heterocycles. The monoisotopic (exact) mass is 209 g/mol. The lowest BCUT2D eigenvalue weighted by Gasteiger charge is -2.42. The first-order chi connectivity index (χ1) is 7.22. The van der Waals surface area contributed by atoms with Crippen molar-refractivity contribution in [3.05, 3.63) is 29.6 Å². The summed E-state index contributed by atoms with van der Waals surface area (Å²) in [7, 11) is 1.57. The molecule has 0 radical (unpaired) electrons. The van der Waals surface area contributed by atoms with Gasteiger partial charge in [-0.05, 0) is 18.9 Å². The van der Waals surface area contributed by atoms with E-state index in [0.29, 0.717) is 12.3 Å². The molecule has 2 rings (SSSR count). The van der Waals surface area contributed by atoms with Gasteiger partial charge in [-0.15, -0.1) is 0 Å². The highest BCUT2D eigenvalue weighted by molar-refractivity contribution is 5.42. The Kier molecular flexibility index (Phi) is 2.65. The number of halogens is 1. The van der Waals surface area contributed by atoms with Crippen LogP contribution in [0.5, 0.6) is 5.75 Å². The molecule has 1 fully saturated rings. The van der Waals surface area contributed by atoms with Crippen LogP contribution in [0.3, 0.4) is 0 Å². The molecular formula is C12H16FNO. The number of benzene rings is 1. The average molecular weight is 209 g/mol. The Bertz CT molecular complexity index is 355. The SMILES string of the molecule is COc1cc(F)ccc1C1(CN)CCC1. The van der Waals surface area contributed by atoms with Gasteiger partial charge in [0.2, 0.25) is 0 Å². The van der Waals surface area contributed by atoms with Crippen LogP contribution in [-0.4, -0.2) is 13.7 Å². The Morgan fingerprint density at radius 2 is 2.20 bits per heavy atom. The summed E-state index contributed by atoms with van der Waals surface area (Å²) in [6.45, 7) is 0.606. The first-order valence-electron chi connectivity index (χ1n) is 5.26. The first-order valence-corrected chi connectivity index (χ1v) is 5.26. The minimum absolute atomic E-state index is 0.0268. The molecule has 0 atom stereocenters. The molecule has 1 aromatic carbocycles. The van der Waals surface area contributed by atoms with E-state index in [1.807, 2.05) is 0 Å². The Morgan fingerprint density at radius 1 is 1.47 bits per heavy atom. The highest BCUT2D eigenvalue weighted by atomic mass is 19.1. The van der Waals surface area contributed by atoms with E-state index in [1.165, 1.54) is 18.6 Å². The van der Waals surface area contributed by atoms with Crippen LogP contribution in [0.1, 0.15) is 24.8 Å². The summed E-state index contributed by atoms with van der Waals surface area (Å²) in [5.74, 6) is 0.363. The normalized spacial score (nSPS) is 18.3. The number of rotatable bonds is 3. The summed E-state index contributed by atoms with van der Waals surface area (Å²) < 4.78 is 18.3. The standard InChI is InChI=1S/C12H16FNO/c1-15-11-7-9(13)3-4-10(11)12(8-14)5-2-6-12/h3-4,7H,2,5-6,8,14H2,1H3. The lowest BCUT2D eigenvalue weighted by atomic mass is 9.64. The molecule has 0 saturated heterocycles. The quantitative estimate of drug-likeness (QED) is 0.828. The highest BCUT2D eigenvalue weighted by Gasteiger charge is 2.39. The molecule has 0 spiro atoms. The predicted molar refractivity (Wildman–Crippen MR) is 57.5 cm³/mol. The van der Waals surface area contributed by atoms with Gasteiger partial charge >= 0.3 is 0 Å². The zero-order chi connectivity index (χ0) is 10.9. The number of hydrogen-bond acceptors (Lipinski definition) is 2. The van der Waals surface area contributed by atoms with Gasteiger partial charge in [-0.3, -0.25) is 0 Å². The summed E-state index contributed by atoms with van der Waals surface area (Å²) in [4.78, 5) is 0. The molecule has 0 aliphatic heterocycles. The van der Waals surface area contributed by atoms with E-state index >= 15 is 0 Å². The molecule has 0 amide bonds. The van der Waals surface area contributed by atoms with Gasteiger partial charge in [-0.1, -0.05) is 12.5 Å². The lowest BCUT2D eigenvalue weighted by Crippen LogP contribution is -2.41. The molecule has 1 saturated carbocycles. The number of methoxy groups -OCH3 is 1. The largest absolute Gasteiger partial charge is 0.496 e. The van der Waals surface area contributed by atoms with Crippen molar-refractivity contribution in [3.63, 3.8) is 0 Å². The van der Waals surface area contributed by atoms with Crippen LogP contribution >= 0.6 is 0 Å². The van der Waals surface area contributed by atoms with Crippen LogP contribution in [0.2, 0.25) is 0 Å². The molecule has 15 heavy (non-hydrogen) atoms. The maximum Gasteiger partial charge on any atom is 0.126 e. The van der Waals surface area contributed by atoms with Crippen LogP contribution in [-0.2, 0) is 5.41 Å². The molecular weight excluding hydrogens is 193 g/mol. The maximum atomic E-state index is 13.0. The van der Waals surface area contributed by atoms with Crippen LogP contribution < -0.4 is 10.5 Å². The van der Waals surface area contributed by atoms with Crippen LogP contribution in [0, 0.1) is 5.82 Å². The lowest BCUT2D eigenvalue weighted by molar-refractivity contribution is 0.243. The van der Waals surface area contributed by atoms with Gasteiger partial charge < -0.3 is 10.5 Å². The summed E-state index contributed by atoms with van der Waals surface area (Å²) in [5, 5.41) is 0. The fraction of sp³-hybridized carbons (Fsp3) is 0.500. The van der Waals surface area contributed by atoms with E-state index in [-0.39, 0.29) is 11.2 Å². The van der Waals surface area contributed by atoms with E-state index in [2.05, 4.69) is 0 Å². The Labute approximate surface area is 89.2 Å². The molecule has 1 aliphatic rings. The third kappa shape index (κ3) is 1.61. The molecule has 0 heterocycles. The van der Waals surface area contributed by atoms with Gasteiger partial charge in [0.25, 0.3) is 0 Å². The molecule has 82 valence electrons. The van der Waals surface area contributed by atoms with Gasteiger partial charge in [0.05, 0.1) is 7.11 Å². The summed E-state index contributed by atoms with van der Waals surface area (Å²) in [5.41, 5.74) is 6.90. The van der Waals surface area contributed by atoms with Crippen molar-refractivity contribution in [2.45, 2.75) is 24.7 Å². The summed E-state index contributed by atoms with van der Waals surface area (Å²) in [6.07, 6.45) is 3.34. The Hall–Kier alpha value is -1.09. The van der Waals surface area contributed by atoms with E-state index in [0.717, 1.165) is 18.4 Å². The van der Waals surface area contributed by atoms with E-state index in [4.69, 9.17) is 10.5 Å². The fourth-order valence-corrected chi connectivity index (χ4v) is 2.29. The Morgan fingerprint density at radius 3 is 2.67 bits per heavy atom. The maximum absolute atomic E-state index is 13.0. The van der Waals surface area contributed by atoms with Crippen molar-refractivity contribution in [2.24, 2.45) is 5.73 Å². The molecule has 1 aliphatic carbocycles. The Balaban J connectivity index is 2.42. The second kappa shape index (κ2) is 3.81. The minimum atomic E-state index is -0.262. The number of ether oxygens (including phenoxy) is 1. The van der Waals surface area contributed by atoms with Crippen molar-refractivity contribution in [1.82, 2.24) is 0 Å². The van der Waals surface area contributed by atoms with Crippen molar-refractivity contribution >= 4 is 0 Å². The first kappa shape index (κ1) is 10.4. The van der Waals surface area contributed by atoms with Crippen molar-refractivity contribution in [2.75, 3.05) is 13.7 Å². The zero-order valence-corrected chi connectivity index (χ0v) is 8.92.